The predicted molar refractivity (Wildman–Crippen MR) is 59.7 cm³/mol. The van der Waals surface area contributed by atoms with E-state index >= 15 is 0 Å². The molecule has 0 aliphatic carbocycles. The Bertz CT molecular complexity index is 427. The predicted octanol–water partition coefficient (Wildman–Crippen LogP) is 3.59. The summed E-state index contributed by atoms with van der Waals surface area (Å²) < 4.78 is 29.7. The van der Waals surface area contributed by atoms with Gasteiger partial charge in [0.05, 0.1) is 23.2 Å². The molecule has 1 heterocycles. The van der Waals surface area contributed by atoms with Crippen LogP contribution >= 0.6 is 23.2 Å². The van der Waals surface area contributed by atoms with Gasteiger partial charge in [-0.2, -0.15) is 0 Å². The van der Waals surface area contributed by atoms with Gasteiger partial charge in [-0.25, -0.2) is 18.6 Å². The van der Waals surface area contributed by atoms with Crippen LogP contribution in [0.2, 0.25) is 5.02 Å². The second-order valence-corrected chi connectivity index (χ2v) is 3.68. The molecule has 0 N–H and O–H groups in total. The maximum atomic E-state index is 12.5. The molecule has 0 atom stereocenters. The van der Waals surface area contributed by atoms with Gasteiger partial charge in [0.25, 0.3) is 6.43 Å². The Morgan fingerprint density at radius 1 is 1.59 bits per heavy atom. The number of nitrogens with zero attached hydrogens (tertiary/aromatic N) is 1. The molecule has 1 aromatic rings. The summed E-state index contributed by atoms with van der Waals surface area (Å²) in [5, 5.41) is -0.135. The fraction of sp³-hybridized carbons (Fsp3) is 0.400. The summed E-state index contributed by atoms with van der Waals surface area (Å²) in [6.07, 6.45) is -2.77. The molecule has 1 aromatic heterocycles. The summed E-state index contributed by atoms with van der Waals surface area (Å²) in [6, 6.07) is 0.939. The highest BCUT2D eigenvalue weighted by Gasteiger charge is 2.21. The van der Waals surface area contributed by atoms with E-state index in [2.05, 4.69) is 4.98 Å². The van der Waals surface area contributed by atoms with Crippen molar-refractivity contribution < 1.29 is 18.3 Å². The molecule has 7 heteroatoms. The summed E-state index contributed by atoms with van der Waals surface area (Å²) >= 11 is 11.3. The normalized spacial score (nSPS) is 10.7. The molecule has 0 aliphatic rings. The lowest BCUT2D eigenvalue weighted by molar-refractivity contribution is 0.0524. The molecule has 94 valence electrons. The van der Waals surface area contributed by atoms with Crippen LogP contribution in [0.4, 0.5) is 8.78 Å². The van der Waals surface area contributed by atoms with Crippen LogP contribution in [0, 0.1) is 0 Å². The number of halogens is 4. The molecular weight excluding hydrogens is 275 g/mol. The molecule has 0 amide bonds. The summed E-state index contributed by atoms with van der Waals surface area (Å²) in [7, 11) is 0. The lowest BCUT2D eigenvalue weighted by Crippen LogP contribution is -2.11. The van der Waals surface area contributed by atoms with E-state index in [1.165, 1.54) is 0 Å². The second kappa shape index (κ2) is 6.12. The molecule has 0 fully saturated rings. The van der Waals surface area contributed by atoms with Crippen LogP contribution < -0.4 is 0 Å². The van der Waals surface area contributed by atoms with Crippen molar-refractivity contribution in [1.29, 1.82) is 0 Å². The smallest absolute Gasteiger partial charge is 0.341 e. The van der Waals surface area contributed by atoms with E-state index in [-0.39, 0.29) is 28.8 Å². The van der Waals surface area contributed by atoms with Crippen molar-refractivity contribution >= 4 is 29.2 Å². The van der Waals surface area contributed by atoms with Gasteiger partial charge in [0, 0.05) is 0 Å². The second-order valence-electron chi connectivity index (χ2n) is 3.01. The third-order valence-electron chi connectivity index (χ3n) is 1.90. The lowest BCUT2D eigenvalue weighted by Gasteiger charge is -2.10. The van der Waals surface area contributed by atoms with E-state index in [1.54, 1.807) is 6.92 Å². The molecular formula is C10H9Cl2F2NO2. The van der Waals surface area contributed by atoms with Crippen molar-refractivity contribution in [1.82, 2.24) is 4.98 Å². The van der Waals surface area contributed by atoms with E-state index in [9.17, 15) is 13.6 Å². The minimum absolute atomic E-state index is 0.00656. The number of carbonyl (C=O) groups is 1. The number of hydrogen-bond acceptors (Lipinski definition) is 3. The van der Waals surface area contributed by atoms with Crippen molar-refractivity contribution in [2.75, 3.05) is 6.61 Å². The minimum Gasteiger partial charge on any atom is -0.462 e. The standard InChI is InChI=1S/C10H9Cl2F2NO2/c1-2-17-10(16)8-5(12)3-6(9(13)14)15-7(8)4-11/h3,9H,2,4H2,1H3. The Kier molecular flexibility index (Phi) is 5.08. The molecule has 0 bridgehead atoms. The minimum atomic E-state index is -2.77. The highest BCUT2D eigenvalue weighted by molar-refractivity contribution is 6.34. The van der Waals surface area contributed by atoms with E-state index in [0.717, 1.165) is 6.07 Å². The third-order valence-corrected chi connectivity index (χ3v) is 2.45. The Morgan fingerprint density at radius 3 is 2.71 bits per heavy atom. The molecule has 1 rings (SSSR count). The van der Waals surface area contributed by atoms with Gasteiger partial charge < -0.3 is 4.74 Å². The molecule has 0 aromatic carbocycles. The third kappa shape index (κ3) is 3.26. The number of alkyl halides is 3. The SMILES string of the molecule is CCOC(=O)c1c(Cl)cc(C(F)F)nc1CCl. The van der Waals surface area contributed by atoms with Crippen LogP contribution in [0.25, 0.3) is 0 Å². The van der Waals surface area contributed by atoms with Crippen LogP contribution in [-0.4, -0.2) is 17.6 Å². The Morgan fingerprint density at radius 2 is 2.24 bits per heavy atom. The largest absolute Gasteiger partial charge is 0.462 e. The van der Waals surface area contributed by atoms with Crippen molar-refractivity contribution in [3.63, 3.8) is 0 Å². The number of ether oxygens (including phenoxy) is 1. The molecule has 0 spiro atoms. The first kappa shape index (κ1) is 14.1. The number of aromatic nitrogens is 1. The summed E-state index contributed by atoms with van der Waals surface area (Å²) in [5.74, 6) is -0.921. The van der Waals surface area contributed by atoms with Gasteiger partial charge in [0.15, 0.2) is 0 Å². The van der Waals surface area contributed by atoms with Crippen LogP contribution in [0.3, 0.4) is 0 Å². The fourth-order valence-electron chi connectivity index (χ4n) is 1.21. The number of pyridine rings is 1. The summed E-state index contributed by atoms with van der Waals surface area (Å²) in [4.78, 5) is 15.1. The molecule has 0 unspecified atom stereocenters. The maximum absolute atomic E-state index is 12.5. The van der Waals surface area contributed by atoms with Gasteiger partial charge in [-0.05, 0) is 13.0 Å². The van der Waals surface area contributed by atoms with Gasteiger partial charge in [-0.3, -0.25) is 0 Å². The number of rotatable bonds is 4. The average molecular weight is 284 g/mol. The fourth-order valence-corrected chi connectivity index (χ4v) is 1.70. The first-order valence-electron chi connectivity index (χ1n) is 4.71. The van der Waals surface area contributed by atoms with Gasteiger partial charge >= 0.3 is 5.97 Å². The first-order valence-corrected chi connectivity index (χ1v) is 5.63. The van der Waals surface area contributed by atoms with Crippen LogP contribution in [-0.2, 0) is 10.6 Å². The summed E-state index contributed by atoms with van der Waals surface area (Å²) in [6.45, 7) is 1.76. The molecule has 0 saturated heterocycles. The van der Waals surface area contributed by atoms with E-state index in [4.69, 9.17) is 27.9 Å². The molecule has 0 radical (unpaired) electrons. The quantitative estimate of drug-likeness (QED) is 0.626. The molecule has 0 saturated carbocycles. The van der Waals surface area contributed by atoms with Crippen molar-refractivity contribution in [3.8, 4) is 0 Å². The zero-order chi connectivity index (χ0) is 13.0. The maximum Gasteiger partial charge on any atom is 0.341 e. The highest BCUT2D eigenvalue weighted by atomic mass is 35.5. The average Bonchev–Trinajstić information content (AvgIpc) is 2.27. The summed E-state index contributed by atoms with van der Waals surface area (Å²) in [5.41, 5.74) is -0.584. The van der Waals surface area contributed by atoms with Gasteiger partial charge in [0.2, 0.25) is 0 Å². The van der Waals surface area contributed by atoms with E-state index in [0.29, 0.717) is 0 Å². The molecule has 3 nitrogen and oxygen atoms in total. The number of hydrogen-bond donors (Lipinski definition) is 0. The number of carbonyl (C=O) groups excluding carboxylic acids is 1. The zero-order valence-corrected chi connectivity index (χ0v) is 10.4. The van der Waals surface area contributed by atoms with Crippen LogP contribution in [0.15, 0.2) is 6.07 Å². The van der Waals surface area contributed by atoms with Crippen molar-refractivity contribution in [3.05, 3.63) is 28.0 Å². The van der Waals surface area contributed by atoms with Crippen molar-refractivity contribution in [2.24, 2.45) is 0 Å². The Balaban J connectivity index is 3.25. The Labute approximate surface area is 107 Å². The number of esters is 1. The zero-order valence-electron chi connectivity index (χ0n) is 8.84. The molecule has 0 aliphatic heterocycles. The van der Waals surface area contributed by atoms with E-state index < -0.39 is 18.1 Å². The van der Waals surface area contributed by atoms with E-state index in [1.807, 2.05) is 0 Å². The van der Waals surface area contributed by atoms with Gasteiger partial charge in [0.1, 0.15) is 11.3 Å². The van der Waals surface area contributed by atoms with Gasteiger partial charge in [-0.15, -0.1) is 11.6 Å². The molecule has 17 heavy (non-hydrogen) atoms. The van der Waals surface area contributed by atoms with Crippen molar-refractivity contribution in [2.45, 2.75) is 19.2 Å². The Hall–Kier alpha value is -0.940. The first-order chi connectivity index (χ1) is 8.01. The van der Waals surface area contributed by atoms with Crippen LogP contribution in [0.1, 0.15) is 35.1 Å². The highest BCUT2D eigenvalue weighted by Crippen LogP contribution is 2.27. The van der Waals surface area contributed by atoms with Crippen LogP contribution in [0.5, 0.6) is 0 Å². The monoisotopic (exact) mass is 283 g/mol. The topological polar surface area (TPSA) is 39.2 Å². The lowest BCUT2D eigenvalue weighted by atomic mass is 10.2. The van der Waals surface area contributed by atoms with Gasteiger partial charge in [-0.1, -0.05) is 11.6 Å².